The van der Waals surface area contributed by atoms with Gasteiger partial charge in [-0.3, -0.25) is 9.59 Å². The number of nitrogens with two attached hydrogens (primary N) is 1. The number of benzene rings is 3. The van der Waals surface area contributed by atoms with Gasteiger partial charge in [-0.2, -0.15) is 0 Å². The van der Waals surface area contributed by atoms with Crippen LogP contribution in [0.1, 0.15) is 31.8 Å². The van der Waals surface area contributed by atoms with Crippen molar-refractivity contribution in [2.24, 2.45) is 0 Å². The van der Waals surface area contributed by atoms with E-state index in [0.29, 0.717) is 32.5 Å². The molecule has 0 radical (unpaired) electrons. The van der Waals surface area contributed by atoms with Gasteiger partial charge in [0, 0.05) is 21.8 Å². The van der Waals surface area contributed by atoms with Crippen LogP contribution < -0.4 is 11.1 Å². The van der Waals surface area contributed by atoms with Gasteiger partial charge in [-0.25, -0.2) is 0 Å². The van der Waals surface area contributed by atoms with Gasteiger partial charge in [0.1, 0.15) is 0 Å². The van der Waals surface area contributed by atoms with Gasteiger partial charge in [-0.15, -0.1) is 0 Å². The minimum Gasteiger partial charge on any atom is -0.398 e. The molecule has 0 amide bonds. The molecule has 128 valence electrons. The molecule has 3 aromatic rings. The molecular formula is C20H12Cl2N2O2. The summed E-state index contributed by atoms with van der Waals surface area (Å²) in [6, 6.07) is 15.0. The fraction of sp³-hybridized carbons (Fsp3) is 0. The molecule has 0 bridgehead atoms. The molecule has 4 nitrogen and oxygen atoms in total. The van der Waals surface area contributed by atoms with Gasteiger partial charge in [0.25, 0.3) is 0 Å². The van der Waals surface area contributed by atoms with E-state index in [1.165, 1.54) is 0 Å². The number of fused-ring (bicyclic) bond motifs is 2. The number of nitrogens with one attached hydrogen (secondary N) is 1. The largest absolute Gasteiger partial charge is 0.398 e. The van der Waals surface area contributed by atoms with Crippen molar-refractivity contribution < 1.29 is 9.59 Å². The lowest BCUT2D eigenvalue weighted by atomic mass is 9.82. The molecule has 1 aliphatic carbocycles. The zero-order valence-electron chi connectivity index (χ0n) is 13.3. The van der Waals surface area contributed by atoms with Crippen LogP contribution in [0, 0.1) is 0 Å². The first-order valence-electron chi connectivity index (χ1n) is 7.80. The molecule has 0 fully saturated rings. The highest BCUT2D eigenvalue weighted by atomic mass is 35.5. The fourth-order valence-corrected chi connectivity index (χ4v) is 3.56. The molecule has 3 N–H and O–H groups in total. The second-order valence-corrected chi connectivity index (χ2v) is 6.75. The molecule has 6 heteroatoms. The molecule has 0 saturated heterocycles. The molecule has 26 heavy (non-hydrogen) atoms. The highest BCUT2D eigenvalue weighted by Gasteiger charge is 2.33. The lowest BCUT2D eigenvalue weighted by Crippen LogP contribution is -2.23. The summed E-state index contributed by atoms with van der Waals surface area (Å²) < 4.78 is 0. The summed E-state index contributed by atoms with van der Waals surface area (Å²) >= 11 is 12.1. The van der Waals surface area contributed by atoms with Crippen molar-refractivity contribution in [3.63, 3.8) is 0 Å². The summed E-state index contributed by atoms with van der Waals surface area (Å²) in [4.78, 5) is 25.9. The van der Waals surface area contributed by atoms with Crippen molar-refractivity contribution in [3.8, 4) is 0 Å². The molecule has 0 heterocycles. The molecule has 0 saturated carbocycles. The lowest BCUT2D eigenvalue weighted by molar-refractivity contribution is 0.0980. The smallest absolute Gasteiger partial charge is 0.198 e. The van der Waals surface area contributed by atoms with Crippen LogP contribution in [0.15, 0.2) is 54.6 Å². The van der Waals surface area contributed by atoms with Crippen molar-refractivity contribution in [2.75, 3.05) is 11.1 Å². The summed E-state index contributed by atoms with van der Waals surface area (Å²) in [5.41, 5.74) is 8.50. The van der Waals surface area contributed by atoms with Crippen LogP contribution in [0.4, 0.5) is 17.1 Å². The number of hydrogen-bond acceptors (Lipinski definition) is 4. The SMILES string of the molecule is Nc1cccc2c1C(=O)c1c(Nc3ccc(Cl)cc3Cl)cccc1C2=O. The monoisotopic (exact) mass is 382 g/mol. The van der Waals surface area contributed by atoms with E-state index in [4.69, 9.17) is 28.9 Å². The van der Waals surface area contributed by atoms with Crippen LogP contribution in [-0.2, 0) is 0 Å². The normalized spacial score (nSPS) is 12.5. The average molecular weight is 383 g/mol. The first-order valence-corrected chi connectivity index (χ1v) is 8.56. The van der Waals surface area contributed by atoms with E-state index in [1.54, 1.807) is 54.6 Å². The van der Waals surface area contributed by atoms with Crippen LogP contribution in [0.5, 0.6) is 0 Å². The van der Waals surface area contributed by atoms with Gasteiger partial charge in [-0.05, 0) is 30.3 Å². The first kappa shape index (κ1) is 16.6. The molecule has 0 aliphatic heterocycles. The van der Waals surface area contributed by atoms with Crippen molar-refractivity contribution >= 4 is 51.8 Å². The van der Waals surface area contributed by atoms with E-state index in [2.05, 4.69) is 5.32 Å². The van der Waals surface area contributed by atoms with Crippen molar-refractivity contribution in [1.29, 1.82) is 0 Å². The number of nitrogen functional groups attached to an aromatic ring is 1. The molecule has 1 aliphatic rings. The van der Waals surface area contributed by atoms with E-state index < -0.39 is 0 Å². The van der Waals surface area contributed by atoms with Gasteiger partial charge in [0.15, 0.2) is 11.6 Å². The highest BCUT2D eigenvalue weighted by Crippen LogP contribution is 2.36. The minimum atomic E-state index is -0.291. The topological polar surface area (TPSA) is 72.2 Å². The summed E-state index contributed by atoms with van der Waals surface area (Å²) in [6.07, 6.45) is 0. The van der Waals surface area contributed by atoms with Gasteiger partial charge in [0.2, 0.25) is 0 Å². The number of carbonyl (C=O) groups excluding carboxylic acids is 2. The molecule has 0 atom stereocenters. The summed E-state index contributed by atoms with van der Waals surface area (Å²) in [5, 5.41) is 4.03. The fourth-order valence-electron chi connectivity index (χ4n) is 3.11. The van der Waals surface area contributed by atoms with Crippen molar-refractivity contribution in [3.05, 3.63) is 86.9 Å². The Morgan fingerprint density at radius 1 is 0.769 bits per heavy atom. The Morgan fingerprint density at radius 2 is 1.46 bits per heavy atom. The Kier molecular flexibility index (Phi) is 3.94. The predicted octanol–water partition coefficient (Wildman–Crippen LogP) is 5.09. The maximum atomic E-state index is 13.1. The van der Waals surface area contributed by atoms with Gasteiger partial charge >= 0.3 is 0 Å². The van der Waals surface area contributed by atoms with E-state index >= 15 is 0 Å². The van der Waals surface area contributed by atoms with Crippen LogP contribution in [0.3, 0.4) is 0 Å². The third kappa shape index (κ3) is 2.55. The Bertz CT molecular complexity index is 1090. The Balaban J connectivity index is 1.87. The third-order valence-corrected chi connectivity index (χ3v) is 4.85. The lowest BCUT2D eigenvalue weighted by Gasteiger charge is -2.22. The number of halogens is 2. The van der Waals surface area contributed by atoms with E-state index in [1.807, 2.05) is 0 Å². The zero-order valence-corrected chi connectivity index (χ0v) is 14.9. The highest BCUT2D eigenvalue weighted by molar-refractivity contribution is 6.36. The van der Waals surface area contributed by atoms with Crippen LogP contribution in [0.2, 0.25) is 10.0 Å². The van der Waals surface area contributed by atoms with Crippen molar-refractivity contribution in [1.82, 2.24) is 0 Å². The van der Waals surface area contributed by atoms with Crippen molar-refractivity contribution in [2.45, 2.75) is 0 Å². The number of rotatable bonds is 2. The van der Waals surface area contributed by atoms with E-state index in [9.17, 15) is 9.59 Å². The molecule has 0 spiro atoms. The molecule has 4 rings (SSSR count). The Hall–Kier alpha value is -2.82. The summed E-state index contributed by atoms with van der Waals surface area (Å²) in [7, 11) is 0. The summed E-state index contributed by atoms with van der Waals surface area (Å²) in [5.74, 6) is -0.520. The number of carbonyl (C=O) groups is 2. The minimum absolute atomic E-state index is 0.229. The zero-order chi connectivity index (χ0) is 18.4. The number of anilines is 3. The maximum absolute atomic E-state index is 13.1. The number of ketones is 2. The van der Waals surface area contributed by atoms with Crippen LogP contribution in [-0.4, -0.2) is 11.6 Å². The van der Waals surface area contributed by atoms with Gasteiger partial charge < -0.3 is 11.1 Å². The third-order valence-electron chi connectivity index (χ3n) is 4.30. The molecular weight excluding hydrogens is 371 g/mol. The van der Waals surface area contributed by atoms with Crippen LogP contribution >= 0.6 is 23.2 Å². The second kappa shape index (κ2) is 6.16. The quantitative estimate of drug-likeness (QED) is 0.473. The standard InChI is InChI=1S/C20H12Cl2N2O2/c21-10-7-8-15(13(22)9-10)24-16-6-2-4-12-18(16)20(26)17-11(19(12)25)3-1-5-14(17)23/h1-9,24H,23H2. The maximum Gasteiger partial charge on any atom is 0.198 e. The molecule has 0 unspecified atom stereocenters. The van der Waals surface area contributed by atoms with E-state index in [-0.39, 0.29) is 28.4 Å². The number of hydrogen-bond donors (Lipinski definition) is 2. The molecule has 0 aromatic heterocycles. The van der Waals surface area contributed by atoms with Gasteiger partial charge in [0.05, 0.1) is 27.5 Å². The average Bonchev–Trinajstić information content (AvgIpc) is 2.61. The summed E-state index contributed by atoms with van der Waals surface area (Å²) in [6.45, 7) is 0. The Labute approximate surface area is 159 Å². The second-order valence-electron chi connectivity index (χ2n) is 5.91. The predicted molar refractivity (Wildman–Crippen MR) is 104 cm³/mol. The Morgan fingerprint density at radius 3 is 2.19 bits per heavy atom. The van der Waals surface area contributed by atoms with Gasteiger partial charge in [-0.1, -0.05) is 47.5 Å². The first-order chi connectivity index (χ1) is 12.5. The van der Waals surface area contributed by atoms with E-state index in [0.717, 1.165) is 0 Å². The molecule has 3 aromatic carbocycles. The van der Waals surface area contributed by atoms with Crippen LogP contribution in [0.25, 0.3) is 0 Å².